The summed E-state index contributed by atoms with van der Waals surface area (Å²) >= 11 is 0. The van der Waals surface area contributed by atoms with E-state index in [4.69, 9.17) is 9.47 Å². The molecule has 1 saturated heterocycles. The summed E-state index contributed by atoms with van der Waals surface area (Å²) in [5.41, 5.74) is 3.44. The minimum atomic E-state index is -0.404. The molecular weight excluding hydrogens is 526 g/mol. The van der Waals surface area contributed by atoms with Gasteiger partial charge < -0.3 is 19.7 Å². The number of morpholine rings is 1. The van der Waals surface area contributed by atoms with E-state index in [9.17, 15) is 9.59 Å². The molecule has 0 saturated carbocycles. The zero-order chi connectivity index (χ0) is 27.5. The number of nitrogens with one attached hydrogen (secondary N) is 1. The molecule has 8 heteroatoms. The number of ether oxygens (including phenoxy) is 2. The lowest BCUT2D eigenvalue weighted by atomic mass is 9.88. The Labute approximate surface area is 243 Å². The molecule has 0 aliphatic carbocycles. The number of esters is 1. The van der Waals surface area contributed by atoms with Gasteiger partial charge in [-0.15, -0.1) is 12.4 Å². The summed E-state index contributed by atoms with van der Waals surface area (Å²) in [7, 11) is 0. The number of hydrogen-bond donors (Lipinski definition) is 1. The summed E-state index contributed by atoms with van der Waals surface area (Å²) in [6, 6.07) is 27.6. The number of benzene rings is 3. The van der Waals surface area contributed by atoms with Crippen LogP contribution in [0.1, 0.15) is 47.7 Å². The van der Waals surface area contributed by atoms with E-state index in [2.05, 4.69) is 58.7 Å². The Morgan fingerprint density at radius 3 is 2.12 bits per heavy atom. The van der Waals surface area contributed by atoms with Gasteiger partial charge in [-0.25, -0.2) is 9.59 Å². The number of anilines is 1. The monoisotopic (exact) mass is 565 g/mol. The maximum Gasteiger partial charge on any atom is 0.338 e. The predicted molar refractivity (Wildman–Crippen MR) is 161 cm³/mol. The summed E-state index contributed by atoms with van der Waals surface area (Å²) in [5.74, 6) is -0.237. The first-order valence-corrected chi connectivity index (χ1v) is 13.8. The maximum atomic E-state index is 13.6. The largest absolute Gasteiger partial charge is 0.459 e. The number of amides is 2. The highest BCUT2D eigenvalue weighted by molar-refractivity contribution is 5.94. The highest BCUT2D eigenvalue weighted by atomic mass is 35.5. The van der Waals surface area contributed by atoms with Gasteiger partial charge in [0.15, 0.2) is 0 Å². The van der Waals surface area contributed by atoms with E-state index in [-0.39, 0.29) is 30.5 Å². The van der Waals surface area contributed by atoms with Crippen LogP contribution >= 0.6 is 12.4 Å². The fourth-order valence-corrected chi connectivity index (χ4v) is 4.79. The van der Waals surface area contributed by atoms with Crippen molar-refractivity contribution in [2.75, 3.05) is 51.3 Å². The second-order valence-electron chi connectivity index (χ2n) is 10.1. The Bertz CT molecular complexity index is 1150. The van der Waals surface area contributed by atoms with Crippen LogP contribution in [-0.4, -0.2) is 73.8 Å². The van der Waals surface area contributed by atoms with Crippen molar-refractivity contribution in [1.82, 2.24) is 9.80 Å². The van der Waals surface area contributed by atoms with Gasteiger partial charge in [0, 0.05) is 44.3 Å². The van der Waals surface area contributed by atoms with Crippen molar-refractivity contribution in [2.45, 2.75) is 32.3 Å². The van der Waals surface area contributed by atoms with Crippen LogP contribution in [0.2, 0.25) is 0 Å². The molecule has 1 fully saturated rings. The summed E-state index contributed by atoms with van der Waals surface area (Å²) in [5, 5.41) is 3.02. The molecule has 0 aromatic heterocycles. The molecule has 4 rings (SSSR count). The fourth-order valence-electron chi connectivity index (χ4n) is 4.79. The normalized spacial score (nSPS) is 13.5. The molecule has 0 spiro atoms. The van der Waals surface area contributed by atoms with E-state index in [0.717, 1.165) is 39.3 Å². The van der Waals surface area contributed by atoms with E-state index in [1.54, 1.807) is 24.3 Å². The predicted octanol–water partition coefficient (Wildman–Crippen LogP) is 6.06. The quantitative estimate of drug-likeness (QED) is 0.286. The van der Waals surface area contributed by atoms with Gasteiger partial charge in [-0.05, 0) is 49.6 Å². The van der Waals surface area contributed by atoms with Gasteiger partial charge in [-0.2, -0.15) is 0 Å². The number of urea groups is 1. The van der Waals surface area contributed by atoms with Crippen LogP contribution < -0.4 is 5.32 Å². The zero-order valence-electron chi connectivity index (χ0n) is 23.3. The van der Waals surface area contributed by atoms with Crippen LogP contribution in [0.25, 0.3) is 0 Å². The van der Waals surface area contributed by atoms with Gasteiger partial charge >= 0.3 is 12.0 Å². The standard InChI is InChI=1S/C32H39N3O4.ClH/c1-25(2)39-31(36)28-14-9-15-29(24-28)33-32(37)35(19-18-34-20-22-38-23-21-34)17-16-30(26-10-5-3-6-11-26)27-12-7-4-8-13-27;/h3-15,24-25,30H,16-23H2,1-2H3,(H,33,37);1H. The Hall–Kier alpha value is -3.39. The molecule has 3 aromatic carbocycles. The third kappa shape index (κ3) is 9.37. The molecule has 0 unspecified atom stereocenters. The smallest absolute Gasteiger partial charge is 0.338 e. The molecule has 2 amide bonds. The van der Waals surface area contributed by atoms with Crippen LogP contribution in [0.4, 0.5) is 10.5 Å². The first kappa shape index (κ1) is 31.1. The van der Waals surface area contributed by atoms with Gasteiger partial charge in [0.25, 0.3) is 0 Å². The maximum absolute atomic E-state index is 13.6. The molecule has 1 aliphatic rings. The first-order chi connectivity index (χ1) is 19.0. The number of hydrogen-bond acceptors (Lipinski definition) is 5. The average molecular weight is 566 g/mol. The molecule has 0 radical (unpaired) electrons. The van der Waals surface area contributed by atoms with E-state index in [1.165, 1.54) is 11.1 Å². The summed E-state index contributed by atoms with van der Waals surface area (Å²) in [4.78, 5) is 30.2. The summed E-state index contributed by atoms with van der Waals surface area (Å²) in [6.07, 6.45) is 0.569. The molecular formula is C32H40ClN3O4. The SMILES string of the molecule is CC(C)OC(=O)c1cccc(NC(=O)N(CCC(c2ccccc2)c2ccccc2)CCN2CCOCC2)c1.Cl. The lowest BCUT2D eigenvalue weighted by Gasteiger charge is -2.31. The molecule has 0 bridgehead atoms. The average Bonchev–Trinajstić information content (AvgIpc) is 2.96. The Kier molecular flexibility index (Phi) is 12.5. The fraction of sp³-hybridized carbons (Fsp3) is 0.375. The van der Waals surface area contributed by atoms with Gasteiger partial charge in [0.05, 0.1) is 24.9 Å². The van der Waals surface area contributed by atoms with Crippen LogP contribution in [0.3, 0.4) is 0 Å². The van der Waals surface area contributed by atoms with Gasteiger partial charge in [-0.3, -0.25) is 4.90 Å². The topological polar surface area (TPSA) is 71.1 Å². The minimum Gasteiger partial charge on any atom is -0.459 e. The number of halogens is 1. The highest BCUT2D eigenvalue weighted by Gasteiger charge is 2.21. The van der Waals surface area contributed by atoms with Gasteiger partial charge in [0.2, 0.25) is 0 Å². The molecule has 3 aromatic rings. The lowest BCUT2D eigenvalue weighted by Crippen LogP contribution is -2.44. The number of rotatable bonds is 11. The van der Waals surface area contributed by atoms with Crippen LogP contribution in [-0.2, 0) is 9.47 Å². The second-order valence-corrected chi connectivity index (χ2v) is 10.1. The third-order valence-electron chi connectivity index (χ3n) is 6.86. The van der Waals surface area contributed by atoms with Gasteiger partial charge in [0.1, 0.15) is 0 Å². The minimum absolute atomic E-state index is 0. The van der Waals surface area contributed by atoms with E-state index in [0.29, 0.717) is 24.3 Å². The molecule has 214 valence electrons. The van der Waals surface area contributed by atoms with Gasteiger partial charge in [-0.1, -0.05) is 66.7 Å². The van der Waals surface area contributed by atoms with Crippen molar-refractivity contribution in [3.05, 3.63) is 102 Å². The summed E-state index contributed by atoms with van der Waals surface area (Å²) in [6.45, 7) is 8.75. The molecule has 40 heavy (non-hydrogen) atoms. The van der Waals surface area contributed by atoms with Crippen molar-refractivity contribution in [1.29, 1.82) is 0 Å². The van der Waals surface area contributed by atoms with Crippen molar-refractivity contribution in [3.8, 4) is 0 Å². The molecule has 1 heterocycles. The van der Waals surface area contributed by atoms with E-state index >= 15 is 0 Å². The Balaban J connectivity index is 0.00000441. The number of carbonyl (C=O) groups is 2. The molecule has 7 nitrogen and oxygen atoms in total. The van der Waals surface area contributed by atoms with Crippen molar-refractivity contribution < 1.29 is 19.1 Å². The second kappa shape index (κ2) is 16.0. The third-order valence-corrected chi connectivity index (χ3v) is 6.86. The molecule has 1 aliphatic heterocycles. The Morgan fingerprint density at radius 2 is 1.52 bits per heavy atom. The highest BCUT2D eigenvalue weighted by Crippen LogP contribution is 2.28. The van der Waals surface area contributed by atoms with Crippen LogP contribution in [0.5, 0.6) is 0 Å². The zero-order valence-corrected chi connectivity index (χ0v) is 24.1. The number of nitrogens with zero attached hydrogens (tertiary/aromatic N) is 2. The molecule has 0 atom stereocenters. The van der Waals surface area contributed by atoms with Crippen molar-refractivity contribution in [2.24, 2.45) is 0 Å². The van der Waals surface area contributed by atoms with E-state index in [1.807, 2.05) is 30.9 Å². The first-order valence-electron chi connectivity index (χ1n) is 13.8. The number of carbonyl (C=O) groups excluding carboxylic acids is 2. The summed E-state index contributed by atoms with van der Waals surface area (Å²) < 4.78 is 10.8. The van der Waals surface area contributed by atoms with Crippen LogP contribution in [0.15, 0.2) is 84.9 Å². The molecule has 1 N–H and O–H groups in total. The van der Waals surface area contributed by atoms with E-state index < -0.39 is 5.97 Å². The lowest BCUT2D eigenvalue weighted by molar-refractivity contribution is 0.0350. The Morgan fingerprint density at radius 1 is 0.900 bits per heavy atom. The van der Waals surface area contributed by atoms with Crippen molar-refractivity contribution in [3.63, 3.8) is 0 Å². The van der Waals surface area contributed by atoms with Crippen LogP contribution in [0, 0.1) is 0 Å². The van der Waals surface area contributed by atoms with Crippen molar-refractivity contribution >= 4 is 30.1 Å².